The third-order valence-electron chi connectivity index (χ3n) is 5.04. The van der Waals surface area contributed by atoms with E-state index < -0.39 is 21.4 Å². The van der Waals surface area contributed by atoms with Crippen LogP contribution in [0.1, 0.15) is 30.6 Å². The molecule has 1 aliphatic rings. The molecule has 0 unspecified atom stereocenters. The van der Waals surface area contributed by atoms with Crippen molar-refractivity contribution >= 4 is 26.9 Å². The first-order chi connectivity index (χ1) is 12.6. The molecule has 1 aliphatic heterocycles. The highest BCUT2D eigenvalue weighted by molar-refractivity contribution is 7.89. The van der Waals surface area contributed by atoms with E-state index >= 15 is 0 Å². The Labute approximate surface area is 158 Å². The van der Waals surface area contributed by atoms with Gasteiger partial charge in [0.1, 0.15) is 5.56 Å². The largest absolute Gasteiger partial charge is 0.465 e. The number of hydrogen-bond donors (Lipinski definition) is 0. The number of nitrogens with zero attached hydrogens (tertiary/aromatic N) is 2. The Morgan fingerprint density at radius 2 is 1.81 bits per heavy atom. The summed E-state index contributed by atoms with van der Waals surface area (Å²) in [5.41, 5.74) is -0.110. The number of aryl methyl sites for hydroxylation is 1. The van der Waals surface area contributed by atoms with Crippen LogP contribution >= 0.6 is 0 Å². The maximum Gasteiger partial charge on any atom is 0.343 e. The van der Waals surface area contributed by atoms with Gasteiger partial charge in [0.25, 0.3) is 0 Å². The molecule has 27 heavy (non-hydrogen) atoms. The highest BCUT2D eigenvalue weighted by Gasteiger charge is 2.32. The van der Waals surface area contributed by atoms with Gasteiger partial charge in [-0.2, -0.15) is 4.31 Å². The predicted molar refractivity (Wildman–Crippen MR) is 102 cm³/mol. The molecule has 0 bridgehead atoms. The minimum Gasteiger partial charge on any atom is -0.465 e. The molecular weight excluding hydrogens is 368 g/mol. The molecule has 0 aliphatic carbocycles. The fourth-order valence-corrected chi connectivity index (χ4v) is 5.54. The van der Waals surface area contributed by atoms with Gasteiger partial charge in [0.15, 0.2) is 0 Å². The van der Waals surface area contributed by atoms with Gasteiger partial charge in [-0.3, -0.25) is 4.79 Å². The third kappa shape index (κ3) is 3.51. The number of piperidine rings is 1. The third-order valence-corrected chi connectivity index (χ3v) is 6.87. The van der Waals surface area contributed by atoms with Gasteiger partial charge in [0.2, 0.25) is 15.5 Å². The van der Waals surface area contributed by atoms with Crippen LogP contribution in [-0.2, 0) is 21.8 Å². The average molecular weight is 392 g/mol. The van der Waals surface area contributed by atoms with E-state index in [-0.39, 0.29) is 27.7 Å². The van der Waals surface area contributed by atoms with Crippen LogP contribution in [0.25, 0.3) is 10.9 Å². The molecule has 1 fully saturated rings. The number of fused-ring (bicyclic) bond motifs is 1. The molecule has 1 aromatic heterocycles. The summed E-state index contributed by atoms with van der Waals surface area (Å²) in [6.07, 6.45) is 2.39. The van der Waals surface area contributed by atoms with Crippen LogP contribution < -0.4 is 5.43 Å². The van der Waals surface area contributed by atoms with Crippen LogP contribution in [0.2, 0.25) is 0 Å². The molecule has 2 heterocycles. The first kappa shape index (κ1) is 19.6. The van der Waals surface area contributed by atoms with Crippen LogP contribution in [0, 0.1) is 11.8 Å². The molecular formula is C19H24N2O5S. The number of rotatable bonds is 3. The van der Waals surface area contributed by atoms with Gasteiger partial charge in [-0.25, -0.2) is 13.2 Å². The molecule has 7 nitrogen and oxygen atoms in total. The SMILES string of the molecule is COC(=O)c1cn(C)c2ccc(S(=O)(=O)N3C[C@H](C)C[C@@H](C)C3)cc2c1=O. The molecule has 1 aromatic carbocycles. The van der Waals surface area contributed by atoms with E-state index in [0.29, 0.717) is 18.6 Å². The minimum atomic E-state index is -3.72. The summed E-state index contributed by atoms with van der Waals surface area (Å²) < 4.78 is 34.0. The van der Waals surface area contributed by atoms with Gasteiger partial charge < -0.3 is 9.30 Å². The van der Waals surface area contributed by atoms with E-state index in [4.69, 9.17) is 0 Å². The highest BCUT2D eigenvalue weighted by Crippen LogP contribution is 2.27. The number of sulfonamides is 1. The Bertz CT molecular complexity index is 1050. The van der Waals surface area contributed by atoms with Gasteiger partial charge in [0.05, 0.1) is 17.5 Å². The lowest BCUT2D eigenvalue weighted by molar-refractivity contribution is 0.0598. The molecule has 0 spiro atoms. The van der Waals surface area contributed by atoms with Gasteiger partial charge in [0, 0.05) is 31.7 Å². The van der Waals surface area contributed by atoms with Crippen molar-refractivity contribution < 1.29 is 17.9 Å². The normalized spacial score (nSPS) is 21.3. The van der Waals surface area contributed by atoms with Gasteiger partial charge in [-0.1, -0.05) is 13.8 Å². The number of carbonyl (C=O) groups is 1. The minimum absolute atomic E-state index is 0.0652. The van der Waals surface area contributed by atoms with E-state index in [0.717, 1.165) is 6.42 Å². The maximum absolute atomic E-state index is 13.1. The van der Waals surface area contributed by atoms with E-state index in [9.17, 15) is 18.0 Å². The van der Waals surface area contributed by atoms with Crippen LogP contribution in [0.15, 0.2) is 34.1 Å². The first-order valence-electron chi connectivity index (χ1n) is 8.87. The van der Waals surface area contributed by atoms with Crippen LogP contribution in [-0.4, -0.2) is 43.5 Å². The summed E-state index contributed by atoms with van der Waals surface area (Å²) in [4.78, 5) is 24.7. The van der Waals surface area contributed by atoms with Crippen molar-refractivity contribution in [3.05, 3.63) is 40.2 Å². The van der Waals surface area contributed by atoms with Crippen molar-refractivity contribution in [2.75, 3.05) is 20.2 Å². The fraction of sp³-hybridized carbons (Fsp3) is 0.474. The Balaban J connectivity index is 2.14. The number of hydrogen-bond acceptors (Lipinski definition) is 5. The van der Waals surface area contributed by atoms with E-state index in [1.165, 1.54) is 29.7 Å². The summed E-state index contributed by atoms with van der Waals surface area (Å²) in [6.45, 7) is 5.00. The van der Waals surface area contributed by atoms with Gasteiger partial charge in [-0.05, 0) is 36.5 Å². The van der Waals surface area contributed by atoms with Gasteiger partial charge in [-0.15, -0.1) is 0 Å². The zero-order valence-corrected chi connectivity index (χ0v) is 16.7. The quantitative estimate of drug-likeness (QED) is 0.746. The second kappa shape index (κ2) is 7.09. The molecule has 0 amide bonds. The second-order valence-electron chi connectivity index (χ2n) is 7.42. The molecule has 3 rings (SSSR count). The number of pyridine rings is 1. The van der Waals surface area contributed by atoms with Crippen molar-refractivity contribution in [1.82, 2.24) is 8.87 Å². The molecule has 2 atom stereocenters. The molecule has 146 valence electrons. The smallest absolute Gasteiger partial charge is 0.343 e. The number of carbonyl (C=O) groups excluding carboxylic acids is 1. The Morgan fingerprint density at radius 1 is 1.19 bits per heavy atom. The lowest BCUT2D eigenvalue weighted by Gasteiger charge is -2.34. The Kier molecular flexibility index (Phi) is 5.14. The summed E-state index contributed by atoms with van der Waals surface area (Å²) in [6, 6.07) is 4.48. The number of ether oxygens (including phenoxy) is 1. The predicted octanol–water partition coefficient (Wildman–Crippen LogP) is 1.99. The zero-order chi connectivity index (χ0) is 19.9. The molecule has 0 N–H and O–H groups in total. The van der Waals surface area contributed by atoms with E-state index in [2.05, 4.69) is 4.74 Å². The fourth-order valence-electron chi connectivity index (χ4n) is 3.84. The Morgan fingerprint density at radius 3 is 2.41 bits per heavy atom. The molecule has 8 heteroatoms. The zero-order valence-electron chi connectivity index (χ0n) is 15.9. The number of benzene rings is 1. The molecule has 0 saturated carbocycles. The van der Waals surface area contributed by atoms with Crippen molar-refractivity contribution in [2.45, 2.75) is 25.2 Å². The number of esters is 1. The van der Waals surface area contributed by atoms with Crippen molar-refractivity contribution in [3.8, 4) is 0 Å². The number of methoxy groups -OCH3 is 1. The van der Waals surface area contributed by atoms with Crippen LogP contribution in [0.3, 0.4) is 0 Å². The van der Waals surface area contributed by atoms with Gasteiger partial charge >= 0.3 is 5.97 Å². The number of aromatic nitrogens is 1. The molecule has 2 aromatic rings. The standard InChI is InChI=1S/C19H24N2O5S/c1-12-7-13(2)10-21(9-12)27(24,25)14-5-6-17-15(8-14)18(22)16(11-20(17)3)19(23)26-4/h5-6,8,11-13H,7,9-10H2,1-4H3/t12-,13-/m1/s1. The van der Waals surface area contributed by atoms with Crippen molar-refractivity contribution in [1.29, 1.82) is 0 Å². The second-order valence-corrected chi connectivity index (χ2v) is 9.36. The average Bonchev–Trinajstić information content (AvgIpc) is 2.62. The first-order valence-corrected chi connectivity index (χ1v) is 10.3. The molecule has 1 saturated heterocycles. The maximum atomic E-state index is 13.1. The summed E-state index contributed by atoms with van der Waals surface area (Å²) in [7, 11) is -0.828. The summed E-state index contributed by atoms with van der Waals surface area (Å²) in [5, 5.41) is 0.180. The Hall–Kier alpha value is -2.19. The molecule has 0 radical (unpaired) electrons. The summed E-state index contributed by atoms with van der Waals surface area (Å²) in [5.74, 6) is -0.185. The topological polar surface area (TPSA) is 85.7 Å². The lowest BCUT2D eigenvalue weighted by Crippen LogP contribution is -2.42. The monoisotopic (exact) mass is 392 g/mol. The van der Waals surface area contributed by atoms with E-state index in [1.54, 1.807) is 17.7 Å². The van der Waals surface area contributed by atoms with Crippen LogP contribution in [0.5, 0.6) is 0 Å². The van der Waals surface area contributed by atoms with Crippen molar-refractivity contribution in [2.24, 2.45) is 18.9 Å². The highest BCUT2D eigenvalue weighted by atomic mass is 32.2. The summed E-state index contributed by atoms with van der Waals surface area (Å²) >= 11 is 0. The van der Waals surface area contributed by atoms with Crippen LogP contribution in [0.4, 0.5) is 0 Å². The van der Waals surface area contributed by atoms with E-state index in [1.807, 2.05) is 13.8 Å². The lowest BCUT2D eigenvalue weighted by atomic mass is 9.94. The van der Waals surface area contributed by atoms with Crippen molar-refractivity contribution in [3.63, 3.8) is 0 Å².